The Morgan fingerprint density at radius 1 is 0.895 bits per heavy atom. The van der Waals surface area contributed by atoms with Gasteiger partial charge in [-0.1, -0.05) is 99.9 Å². The smallest absolute Gasteiger partial charge is 0.222 e. The second-order valence-corrected chi connectivity index (χ2v) is 16.3. The predicted octanol–water partition coefficient (Wildman–Crippen LogP) is 7.04. The molecule has 1 aliphatic heterocycles. The number of unbranched alkanes of at least 4 members (excludes halogenated alkanes) is 5. The van der Waals surface area contributed by atoms with Gasteiger partial charge in [-0.25, -0.2) is 0 Å². The first-order chi connectivity index (χ1) is 18.2. The van der Waals surface area contributed by atoms with Crippen LogP contribution in [0.5, 0.6) is 0 Å². The predicted molar refractivity (Wildman–Crippen MR) is 158 cm³/mol. The molecule has 2 aromatic carbocycles. The zero-order valence-electron chi connectivity index (χ0n) is 23.8. The molecule has 2 atom stereocenters. The van der Waals surface area contributed by atoms with E-state index in [9.17, 15) is 9.90 Å². The van der Waals surface area contributed by atoms with Gasteiger partial charge >= 0.3 is 0 Å². The van der Waals surface area contributed by atoms with Crippen molar-refractivity contribution in [3.8, 4) is 11.5 Å². The molecule has 0 amide bonds. The lowest BCUT2D eigenvalue weighted by Crippen LogP contribution is -2.28. The highest BCUT2D eigenvalue weighted by atomic mass is 28.3. The van der Waals surface area contributed by atoms with E-state index >= 15 is 0 Å². The number of benzene rings is 2. The van der Waals surface area contributed by atoms with Crippen LogP contribution in [-0.4, -0.2) is 38.3 Å². The van der Waals surface area contributed by atoms with E-state index in [1.54, 1.807) is 6.92 Å². The SMILES string of the molecule is CC(=O)C(CCCCCCCC#C[Si](C)(C)C)C(O)CCc1ccc(C2(c3ccccc3)OCCO2)cc1. The summed E-state index contributed by atoms with van der Waals surface area (Å²) in [6, 6.07) is 18.3. The van der Waals surface area contributed by atoms with Gasteiger partial charge in [0.2, 0.25) is 5.79 Å². The summed E-state index contributed by atoms with van der Waals surface area (Å²) in [5, 5.41) is 10.9. The Kier molecular flexibility index (Phi) is 11.8. The van der Waals surface area contributed by atoms with Crippen LogP contribution in [0.1, 0.15) is 75.0 Å². The monoisotopic (exact) mass is 534 g/mol. The first kappa shape index (κ1) is 30.3. The number of rotatable bonds is 14. The molecule has 0 bridgehead atoms. The minimum Gasteiger partial charge on any atom is -0.392 e. The number of aryl methyl sites for hydroxylation is 1. The molecule has 3 rings (SSSR count). The Balaban J connectivity index is 1.44. The highest BCUT2D eigenvalue weighted by Gasteiger charge is 2.40. The van der Waals surface area contributed by atoms with Crippen LogP contribution in [0.2, 0.25) is 19.6 Å². The molecule has 1 saturated heterocycles. The van der Waals surface area contributed by atoms with E-state index < -0.39 is 20.0 Å². The number of ether oxygens (including phenoxy) is 2. The Morgan fingerprint density at radius 2 is 1.50 bits per heavy atom. The minimum absolute atomic E-state index is 0.0924. The Labute approximate surface area is 231 Å². The number of Topliss-reactive ketones (excluding diaryl/α,β-unsaturated/α-hetero) is 1. The fraction of sp³-hybridized carbons (Fsp3) is 0.545. The lowest BCUT2D eigenvalue weighted by atomic mass is 9.88. The van der Waals surface area contributed by atoms with Crippen LogP contribution < -0.4 is 0 Å². The standard InChI is InChI=1S/C33H46O4Si/c1-27(34)31(17-13-8-6-5-7-9-14-26-38(2,3)4)32(35)23-20-28-18-21-30(22-19-28)33(36-24-25-37-33)29-15-11-10-12-16-29/h10-12,15-16,18-19,21-22,31-32,35H,5-9,13,17,20,23-25H2,1-4H3. The maximum atomic E-state index is 12.3. The van der Waals surface area contributed by atoms with Crippen LogP contribution in [0.3, 0.4) is 0 Å². The molecule has 0 aromatic heterocycles. The summed E-state index contributed by atoms with van der Waals surface area (Å²) in [5.74, 6) is 2.29. The molecule has 0 saturated carbocycles. The quantitative estimate of drug-likeness (QED) is 0.160. The summed E-state index contributed by atoms with van der Waals surface area (Å²) in [6.07, 6.45) is 8.04. The molecule has 1 aliphatic rings. The number of carbonyl (C=O) groups is 1. The zero-order valence-corrected chi connectivity index (χ0v) is 24.8. The van der Waals surface area contributed by atoms with Crippen LogP contribution in [0, 0.1) is 17.4 Å². The first-order valence-electron chi connectivity index (χ1n) is 14.3. The van der Waals surface area contributed by atoms with Crippen molar-refractivity contribution >= 4 is 13.9 Å². The third kappa shape index (κ3) is 9.20. The van der Waals surface area contributed by atoms with Crippen LogP contribution in [0.15, 0.2) is 54.6 Å². The van der Waals surface area contributed by atoms with Crippen LogP contribution in [0.4, 0.5) is 0 Å². The van der Waals surface area contributed by atoms with E-state index in [0.29, 0.717) is 19.6 Å². The summed E-state index contributed by atoms with van der Waals surface area (Å²) in [7, 11) is -1.25. The van der Waals surface area contributed by atoms with Crippen molar-refractivity contribution in [2.45, 2.75) is 96.2 Å². The molecule has 2 aromatic rings. The van der Waals surface area contributed by atoms with E-state index in [1.807, 2.05) is 30.3 Å². The molecule has 5 heteroatoms. The van der Waals surface area contributed by atoms with Crippen molar-refractivity contribution in [2.75, 3.05) is 13.2 Å². The molecule has 1 N–H and O–H groups in total. The highest BCUT2D eigenvalue weighted by molar-refractivity contribution is 6.83. The largest absolute Gasteiger partial charge is 0.392 e. The Morgan fingerprint density at radius 3 is 2.13 bits per heavy atom. The molecule has 0 spiro atoms. The lowest BCUT2D eigenvalue weighted by Gasteiger charge is -2.28. The van der Waals surface area contributed by atoms with Crippen molar-refractivity contribution in [3.05, 3.63) is 71.3 Å². The van der Waals surface area contributed by atoms with Gasteiger partial charge in [-0.2, -0.15) is 0 Å². The van der Waals surface area contributed by atoms with Gasteiger partial charge in [0.05, 0.1) is 19.3 Å². The number of aliphatic hydroxyl groups is 1. The van der Waals surface area contributed by atoms with E-state index in [1.165, 1.54) is 12.8 Å². The number of hydrogen-bond donors (Lipinski definition) is 1. The summed E-state index contributed by atoms with van der Waals surface area (Å²) in [5.41, 5.74) is 6.51. The Bertz CT molecular complexity index is 1040. The fourth-order valence-electron chi connectivity index (χ4n) is 5.08. The fourth-order valence-corrected chi connectivity index (χ4v) is 5.73. The number of ketones is 1. The van der Waals surface area contributed by atoms with Gasteiger partial charge in [0, 0.05) is 23.5 Å². The molecule has 0 aliphatic carbocycles. The molecule has 0 radical (unpaired) electrons. The van der Waals surface area contributed by atoms with Crippen LogP contribution >= 0.6 is 0 Å². The number of hydrogen-bond acceptors (Lipinski definition) is 4. The van der Waals surface area contributed by atoms with Crippen LogP contribution in [-0.2, 0) is 26.5 Å². The van der Waals surface area contributed by atoms with Gasteiger partial charge in [0.25, 0.3) is 0 Å². The molecule has 38 heavy (non-hydrogen) atoms. The molecule has 4 nitrogen and oxygen atoms in total. The maximum absolute atomic E-state index is 12.3. The average molecular weight is 535 g/mol. The second-order valence-electron chi connectivity index (χ2n) is 11.6. The van der Waals surface area contributed by atoms with Gasteiger partial charge in [0.1, 0.15) is 13.9 Å². The summed E-state index contributed by atoms with van der Waals surface area (Å²) in [4.78, 5) is 12.3. The minimum atomic E-state index is -1.25. The van der Waals surface area contributed by atoms with Gasteiger partial charge in [0.15, 0.2) is 0 Å². The van der Waals surface area contributed by atoms with Crippen molar-refractivity contribution in [2.24, 2.45) is 5.92 Å². The first-order valence-corrected chi connectivity index (χ1v) is 17.8. The third-order valence-corrected chi connectivity index (χ3v) is 8.10. The molecule has 1 fully saturated rings. The normalized spacial score (nSPS) is 16.4. The maximum Gasteiger partial charge on any atom is 0.222 e. The van der Waals surface area contributed by atoms with E-state index in [4.69, 9.17) is 9.47 Å². The van der Waals surface area contributed by atoms with E-state index in [-0.39, 0.29) is 11.7 Å². The highest BCUT2D eigenvalue weighted by Crippen LogP contribution is 2.38. The molecule has 1 heterocycles. The lowest BCUT2D eigenvalue weighted by molar-refractivity contribution is -0.130. The van der Waals surface area contributed by atoms with Gasteiger partial charge in [-0.15, -0.1) is 11.5 Å². The van der Waals surface area contributed by atoms with Crippen molar-refractivity contribution in [3.63, 3.8) is 0 Å². The number of aliphatic hydroxyl groups excluding tert-OH is 1. The topological polar surface area (TPSA) is 55.8 Å². The average Bonchev–Trinajstić information content (AvgIpc) is 3.40. The van der Waals surface area contributed by atoms with E-state index in [2.05, 4.69) is 55.4 Å². The van der Waals surface area contributed by atoms with Crippen molar-refractivity contribution in [1.82, 2.24) is 0 Å². The van der Waals surface area contributed by atoms with Gasteiger partial charge in [-0.3, -0.25) is 4.79 Å². The van der Waals surface area contributed by atoms with E-state index in [0.717, 1.165) is 55.2 Å². The molecule has 206 valence electrons. The van der Waals surface area contributed by atoms with Crippen LogP contribution in [0.25, 0.3) is 0 Å². The second kappa shape index (κ2) is 14.8. The molecular weight excluding hydrogens is 488 g/mol. The number of carbonyl (C=O) groups excluding carboxylic acids is 1. The van der Waals surface area contributed by atoms with Crippen molar-refractivity contribution < 1.29 is 19.4 Å². The van der Waals surface area contributed by atoms with Gasteiger partial charge in [-0.05, 0) is 38.2 Å². The molecular formula is C33H46O4Si. The summed E-state index contributed by atoms with van der Waals surface area (Å²) in [6.45, 7) is 9.56. The summed E-state index contributed by atoms with van der Waals surface area (Å²) >= 11 is 0. The summed E-state index contributed by atoms with van der Waals surface area (Å²) < 4.78 is 12.2. The van der Waals surface area contributed by atoms with Crippen molar-refractivity contribution in [1.29, 1.82) is 0 Å². The zero-order chi connectivity index (χ0) is 27.4. The molecule has 2 unspecified atom stereocenters. The Hall–Kier alpha value is -2.23. The third-order valence-electron chi connectivity index (χ3n) is 7.18. The van der Waals surface area contributed by atoms with Gasteiger partial charge < -0.3 is 14.6 Å².